The number of para-hydroxylation sites is 1. The molecular weight excluding hydrogens is 255 g/mol. The molecule has 106 valence electrons. The average molecular weight is 280 g/mol. The SMILES string of the molecule is CC.CN1CCN(P)CC1.c1ccc2[nH]ncc2c1. The summed E-state index contributed by atoms with van der Waals surface area (Å²) in [5.41, 5.74) is 1.09. The molecule has 1 fully saturated rings. The molecule has 3 rings (SSSR count). The van der Waals surface area contributed by atoms with Gasteiger partial charge in [0, 0.05) is 31.6 Å². The zero-order chi connectivity index (χ0) is 14.1. The van der Waals surface area contributed by atoms with E-state index in [2.05, 4.69) is 36.2 Å². The fourth-order valence-corrected chi connectivity index (χ4v) is 1.94. The highest BCUT2D eigenvalue weighted by molar-refractivity contribution is 7.13. The molecule has 1 N–H and O–H groups in total. The molecule has 19 heavy (non-hydrogen) atoms. The number of H-pyrrole nitrogens is 1. The molecule has 2 aromatic rings. The van der Waals surface area contributed by atoms with E-state index in [1.165, 1.54) is 26.2 Å². The van der Waals surface area contributed by atoms with Gasteiger partial charge < -0.3 is 4.90 Å². The van der Waals surface area contributed by atoms with Crippen molar-refractivity contribution in [2.45, 2.75) is 13.8 Å². The van der Waals surface area contributed by atoms with Crippen LogP contribution in [0.3, 0.4) is 0 Å². The van der Waals surface area contributed by atoms with E-state index in [9.17, 15) is 0 Å². The lowest BCUT2D eigenvalue weighted by Crippen LogP contribution is -2.39. The van der Waals surface area contributed by atoms with E-state index in [0.29, 0.717) is 0 Å². The predicted octanol–water partition coefficient (Wildman–Crippen LogP) is 2.61. The van der Waals surface area contributed by atoms with Crippen LogP contribution in [0.5, 0.6) is 0 Å². The van der Waals surface area contributed by atoms with Gasteiger partial charge in [-0.2, -0.15) is 5.10 Å². The van der Waals surface area contributed by atoms with Gasteiger partial charge in [0.25, 0.3) is 0 Å². The summed E-state index contributed by atoms with van der Waals surface area (Å²) in [5.74, 6) is 0. The lowest BCUT2D eigenvalue weighted by Gasteiger charge is -2.28. The second-order valence-corrected chi connectivity index (χ2v) is 5.03. The third-order valence-corrected chi connectivity index (χ3v) is 3.40. The molecule has 1 aromatic heterocycles. The van der Waals surface area contributed by atoms with E-state index in [4.69, 9.17) is 0 Å². The molecule has 1 aliphatic rings. The van der Waals surface area contributed by atoms with Crippen molar-refractivity contribution in [2.75, 3.05) is 33.2 Å². The Bertz CT molecular complexity index is 409. The van der Waals surface area contributed by atoms with Crippen LogP contribution in [0.25, 0.3) is 10.9 Å². The van der Waals surface area contributed by atoms with Crippen molar-refractivity contribution in [2.24, 2.45) is 0 Å². The van der Waals surface area contributed by atoms with Gasteiger partial charge in [0.15, 0.2) is 0 Å². The number of hydrogen-bond acceptors (Lipinski definition) is 3. The largest absolute Gasteiger partial charge is 0.304 e. The molecule has 0 amide bonds. The zero-order valence-corrected chi connectivity index (χ0v) is 13.3. The Kier molecular flexibility index (Phi) is 7.65. The van der Waals surface area contributed by atoms with Crippen LogP contribution in [0.4, 0.5) is 0 Å². The normalized spacial score (nSPS) is 16.2. The summed E-state index contributed by atoms with van der Waals surface area (Å²) in [4.78, 5) is 2.35. The topological polar surface area (TPSA) is 35.2 Å². The Morgan fingerprint density at radius 3 is 2.32 bits per heavy atom. The van der Waals surface area contributed by atoms with E-state index in [1.807, 2.05) is 44.3 Å². The molecule has 0 aliphatic carbocycles. The van der Waals surface area contributed by atoms with Crippen LogP contribution < -0.4 is 0 Å². The molecule has 1 aromatic carbocycles. The van der Waals surface area contributed by atoms with Gasteiger partial charge in [-0.05, 0) is 13.1 Å². The molecule has 1 saturated heterocycles. The number of likely N-dealkylation sites (N-methyl/N-ethyl adjacent to an activating group) is 1. The predicted molar refractivity (Wildman–Crippen MR) is 86.2 cm³/mol. The highest BCUT2D eigenvalue weighted by Crippen LogP contribution is 2.07. The van der Waals surface area contributed by atoms with Gasteiger partial charge in [0.05, 0.1) is 11.7 Å². The van der Waals surface area contributed by atoms with Gasteiger partial charge in [-0.25, -0.2) is 0 Å². The maximum Gasteiger partial charge on any atom is 0.0650 e. The molecular formula is C14H25N4P. The summed E-state index contributed by atoms with van der Waals surface area (Å²) < 4.78 is 2.28. The number of benzene rings is 1. The number of nitrogens with zero attached hydrogens (tertiary/aromatic N) is 3. The van der Waals surface area contributed by atoms with Crippen LogP contribution in [-0.2, 0) is 0 Å². The minimum atomic E-state index is 1.09. The molecule has 4 nitrogen and oxygen atoms in total. The smallest absolute Gasteiger partial charge is 0.0650 e. The third-order valence-electron chi connectivity index (χ3n) is 2.89. The Morgan fingerprint density at radius 2 is 1.74 bits per heavy atom. The number of aromatic amines is 1. The van der Waals surface area contributed by atoms with Crippen molar-refractivity contribution in [3.05, 3.63) is 30.5 Å². The number of hydrogen-bond donors (Lipinski definition) is 1. The fraction of sp³-hybridized carbons (Fsp3) is 0.500. The van der Waals surface area contributed by atoms with Crippen molar-refractivity contribution in [3.63, 3.8) is 0 Å². The second-order valence-electron chi connectivity index (χ2n) is 4.30. The summed E-state index contributed by atoms with van der Waals surface area (Å²) in [6.45, 7) is 8.81. The lowest BCUT2D eigenvalue weighted by atomic mass is 10.3. The molecule has 1 atom stereocenters. The van der Waals surface area contributed by atoms with Gasteiger partial charge in [-0.15, -0.1) is 0 Å². The van der Waals surface area contributed by atoms with Crippen LogP contribution >= 0.6 is 9.39 Å². The number of piperazine rings is 1. The third kappa shape index (κ3) is 5.68. The molecule has 0 spiro atoms. The van der Waals surface area contributed by atoms with E-state index in [-0.39, 0.29) is 0 Å². The molecule has 1 unspecified atom stereocenters. The minimum absolute atomic E-state index is 1.09. The first-order valence-electron chi connectivity index (χ1n) is 6.82. The number of rotatable bonds is 0. The minimum Gasteiger partial charge on any atom is -0.304 e. The standard InChI is InChI=1S/C7H6N2.C5H13N2P.C2H6/c1-2-4-7-6(3-1)5-8-9-7;1-6-2-4-7(8)5-3-6;1-2/h1-5H,(H,8,9);2-5,8H2,1H3;1-2H3. The van der Waals surface area contributed by atoms with Crippen LogP contribution in [-0.4, -0.2) is 53.0 Å². The van der Waals surface area contributed by atoms with Crippen LogP contribution in [0.2, 0.25) is 0 Å². The Balaban J connectivity index is 0.000000170. The van der Waals surface area contributed by atoms with Gasteiger partial charge in [0.2, 0.25) is 0 Å². The Hall–Kier alpha value is -0.960. The molecule has 0 bridgehead atoms. The van der Waals surface area contributed by atoms with Crippen LogP contribution in [0.15, 0.2) is 30.5 Å². The average Bonchev–Trinajstić information content (AvgIpc) is 2.93. The highest BCUT2D eigenvalue weighted by Gasteiger charge is 2.08. The van der Waals surface area contributed by atoms with E-state index in [0.717, 1.165) is 10.9 Å². The molecule has 1 aliphatic heterocycles. The zero-order valence-electron chi connectivity index (χ0n) is 12.1. The first-order valence-corrected chi connectivity index (χ1v) is 7.33. The number of nitrogens with one attached hydrogen (secondary N) is 1. The van der Waals surface area contributed by atoms with E-state index in [1.54, 1.807) is 0 Å². The van der Waals surface area contributed by atoms with Crippen molar-refractivity contribution < 1.29 is 0 Å². The van der Waals surface area contributed by atoms with Crippen LogP contribution in [0.1, 0.15) is 13.8 Å². The van der Waals surface area contributed by atoms with Crippen molar-refractivity contribution in [1.82, 2.24) is 19.8 Å². The van der Waals surface area contributed by atoms with E-state index < -0.39 is 0 Å². The molecule has 0 saturated carbocycles. The Morgan fingerprint density at radius 1 is 1.11 bits per heavy atom. The quantitative estimate of drug-likeness (QED) is 0.753. The lowest BCUT2D eigenvalue weighted by molar-refractivity contribution is 0.233. The highest BCUT2D eigenvalue weighted by atomic mass is 31.0. The number of fused-ring (bicyclic) bond motifs is 1. The van der Waals surface area contributed by atoms with Gasteiger partial charge in [0.1, 0.15) is 0 Å². The maximum absolute atomic E-state index is 3.88. The van der Waals surface area contributed by atoms with Gasteiger partial charge in [-0.1, -0.05) is 41.4 Å². The summed E-state index contributed by atoms with van der Waals surface area (Å²) >= 11 is 0. The first kappa shape index (κ1) is 16.1. The molecule has 5 heteroatoms. The van der Waals surface area contributed by atoms with Crippen molar-refractivity contribution >= 4 is 20.3 Å². The monoisotopic (exact) mass is 280 g/mol. The summed E-state index contributed by atoms with van der Waals surface area (Å²) in [6.07, 6.45) is 1.81. The summed E-state index contributed by atoms with van der Waals surface area (Å²) in [5, 5.41) is 7.91. The second kappa shape index (κ2) is 9.03. The summed E-state index contributed by atoms with van der Waals surface area (Å²) in [7, 11) is 4.89. The van der Waals surface area contributed by atoms with Gasteiger partial charge in [-0.3, -0.25) is 9.77 Å². The fourth-order valence-electron chi connectivity index (χ4n) is 1.70. The first-order chi connectivity index (χ1) is 9.25. The van der Waals surface area contributed by atoms with Gasteiger partial charge >= 0.3 is 0 Å². The van der Waals surface area contributed by atoms with E-state index >= 15 is 0 Å². The molecule has 0 radical (unpaired) electrons. The maximum atomic E-state index is 3.88. The Labute approximate surface area is 118 Å². The van der Waals surface area contributed by atoms with Crippen molar-refractivity contribution in [1.29, 1.82) is 0 Å². The van der Waals surface area contributed by atoms with Crippen LogP contribution in [0, 0.1) is 0 Å². The molecule has 2 heterocycles. The van der Waals surface area contributed by atoms with Crippen molar-refractivity contribution in [3.8, 4) is 0 Å². The number of aromatic nitrogens is 2. The summed E-state index contributed by atoms with van der Waals surface area (Å²) in [6, 6.07) is 8.01.